The Balaban J connectivity index is 2.43. The van der Waals surface area contributed by atoms with Crippen molar-refractivity contribution >= 4 is 10.0 Å². The molecule has 5 heteroatoms. The van der Waals surface area contributed by atoms with E-state index in [4.69, 9.17) is 0 Å². The molecule has 0 bridgehead atoms. The Morgan fingerprint density at radius 3 is 2.50 bits per heavy atom. The van der Waals surface area contributed by atoms with Gasteiger partial charge < -0.3 is 5.11 Å². The van der Waals surface area contributed by atoms with Gasteiger partial charge in [0.1, 0.15) is 0 Å². The number of hydrogen-bond acceptors (Lipinski definition) is 3. The van der Waals surface area contributed by atoms with E-state index in [2.05, 4.69) is 11.6 Å². The van der Waals surface area contributed by atoms with Gasteiger partial charge in [0.25, 0.3) is 0 Å². The van der Waals surface area contributed by atoms with Crippen molar-refractivity contribution in [2.24, 2.45) is 0 Å². The molecule has 0 heterocycles. The smallest absolute Gasteiger partial charge is 0.240 e. The maximum absolute atomic E-state index is 11.8. The van der Waals surface area contributed by atoms with E-state index in [0.29, 0.717) is 6.42 Å². The van der Waals surface area contributed by atoms with Crippen molar-refractivity contribution in [2.75, 3.05) is 6.54 Å². The molecule has 0 saturated heterocycles. The van der Waals surface area contributed by atoms with E-state index >= 15 is 0 Å². The quantitative estimate of drug-likeness (QED) is 0.710. The minimum absolute atomic E-state index is 0.0704. The van der Waals surface area contributed by atoms with Gasteiger partial charge in [-0.15, -0.1) is 0 Å². The highest BCUT2D eigenvalue weighted by atomic mass is 32.2. The summed E-state index contributed by atoms with van der Waals surface area (Å²) in [6.07, 6.45) is 3.08. The first-order valence-corrected chi connectivity index (χ1v) is 7.77. The maximum atomic E-state index is 11.8. The minimum Gasteiger partial charge on any atom is -0.392 e. The second-order valence-electron chi connectivity index (χ2n) is 4.31. The van der Waals surface area contributed by atoms with Crippen LogP contribution in [0, 0.1) is 0 Å². The summed E-state index contributed by atoms with van der Waals surface area (Å²) in [7, 11) is -3.50. The average molecular weight is 271 g/mol. The second-order valence-corrected chi connectivity index (χ2v) is 6.08. The van der Waals surface area contributed by atoms with Gasteiger partial charge >= 0.3 is 0 Å². The van der Waals surface area contributed by atoms with Gasteiger partial charge in [0.15, 0.2) is 0 Å². The van der Waals surface area contributed by atoms with Gasteiger partial charge in [0.2, 0.25) is 10.0 Å². The van der Waals surface area contributed by atoms with Crippen molar-refractivity contribution in [3.8, 4) is 0 Å². The molecule has 1 rings (SSSR count). The van der Waals surface area contributed by atoms with Crippen LogP contribution >= 0.6 is 0 Å². The molecular formula is C13H21NO3S. The monoisotopic (exact) mass is 271 g/mol. The molecule has 1 aromatic carbocycles. The Kier molecular flexibility index (Phi) is 6.32. The first kappa shape index (κ1) is 15.1. The fourth-order valence-corrected chi connectivity index (χ4v) is 2.71. The van der Waals surface area contributed by atoms with Crippen LogP contribution < -0.4 is 4.72 Å². The molecule has 0 amide bonds. The summed E-state index contributed by atoms with van der Waals surface area (Å²) in [6.45, 7) is 2.16. The third-order valence-electron chi connectivity index (χ3n) is 2.70. The van der Waals surface area contributed by atoms with Crippen molar-refractivity contribution in [1.29, 1.82) is 0 Å². The third-order valence-corrected chi connectivity index (χ3v) is 4.14. The topological polar surface area (TPSA) is 66.4 Å². The van der Waals surface area contributed by atoms with Gasteiger partial charge in [-0.25, -0.2) is 13.1 Å². The summed E-state index contributed by atoms with van der Waals surface area (Å²) in [4.78, 5) is 0.228. The molecule has 0 aliphatic rings. The van der Waals surface area contributed by atoms with Crippen LogP contribution in [0.25, 0.3) is 0 Å². The molecule has 102 valence electrons. The van der Waals surface area contributed by atoms with Gasteiger partial charge in [0.05, 0.1) is 11.0 Å². The summed E-state index contributed by atoms with van der Waals surface area (Å²) in [5.41, 5.74) is 0. The Bertz CT molecular complexity index is 431. The minimum atomic E-state index is -3.50. The van der Waals surface area contributed by atoms with Crippen LogP contribution in [0.15, 0.2) is 35.2 Å². The number of benzene rings is 1. The molecule has 0 aromatic heterocycles. The fraction of sp³-hybridized carbons (Fsp3) is 0.538. The van der Waals surface area contributed by atoms with E-state index in [-0.39, 0.29) is 11.4 Å². The molecule has 18 heavy (non-hydrogen) atoms. The summed E-state index contributed by atoms with van der Waals surface area (Å²) in [5.74, 6) is 0. The zero-order chi connectivity index (χ0) is 13.4. The largest absolute Gasteiger partial charge is 0.392 e. The molecular weight excluding hydrogens is 250 g/mol. The first-order valence-electron chi connectivity index (χ1n) is 6.29. The third kappa shape index (κ3) is 5.16. The molecule has 2 N–H and O–H groups in total. The summed E-state index contributed by atoms with van der Waals surface area (Å²) >= 11 is 0. The summed E-state index contributed by atoms with van der Waals surface area (Å²) in [6, 6.07) is 8.18. The number of unbranched alkanes of at least 4 members (excludes halogenated alkanes) is 2. The standard InChI is InChI=1S/C13H21NO3S/c1-2-3-5-8-12(15)11-14-18(16,17)13-9-6-4-7-10-13/h4,6-7,9-10,12,14-15H,2-3,5,8,11H2,1H3. The Morgan fingerprint density at radius 2 is 1.89 bits per heavy atom. The van der Waals surface area contributed by atoms with Crippen LogP contribution in [-0.4, -0.2) is 26.2 Å². The van der Waals surface area contributed by atoms with E-state index in [1.807, 2.05) is 0 Å². The van der Waals surface area contributed by atoms with Gasteiger partial charge in [-0.05, 0) is 18.6 Å². The first-order chi connectivity index (χ1) is 8.56. The predicted octanol–water partition coefficient (Wildman–Crippen LogP) is 1.91. The molecule has 4 nitrogen and oxygen atoms in total. The summed E-state index contributed by atoms with van der Waals surface area (Å²) < 4.78 is 26.1. The predicted molar refractivity (Wildman–Crippen MR) is 71.8 cm³/mol. The number of rotatable bonds is 8. The van der Waals surface area contributed by atoms with Crippen LogP contribution in [0.5, 0.6) is 0 Å². The van der Waals surface area contributed by atoms with Gasteiger partial charge in [-0.2, -0.15) is 0 Å². The van der Waals surface area contributed by atoms with Crippen molar-refractivity contribution in [1.82, 2.24) is 4.72 Å². The Hall–Kier alpha value is -0.910. The normalized spacial score (nSPS) is 13.4. The molecule has 0 aliphatic heterocycles. The Morgan fingerprint density at radius 1 is 1.22 bits per heavy atom. The van der Waals surface area contributed by atoms with Crippen LogP contribution in [0.4, 0.5) is 0 Å². The van der Waals surface area contributed by atoms with E-state index in [1.165, 1.54) is 12.1 Å². The highest BCUT2D eigenvalue weighted by Crippen LogP contribution is 2.08. The van der Waals surface area contributed by atoms with Crippen molar-refractivity contribution in [3.63, 3.8) is 0 Å². The van der Waals surface area contributed by atoms with Crippen molar-refractivity contribution < 1.29 is 13.5 Å². The molecule has 0 fully saturated rings. The second kappa shape index (κ2) is 7.51. The number of aliphatic hydroxyl groups excluding tert-OH is 1. The zero-order valence-electron chi connectivity index (χ0n) is 10.7. The highest BCUT2D eigenvalue weighted by molar-refractivity contribution is 7.89. The lowest BCUT2D eigenvalue weighted by Gasteiger charge is -2.12. The lowest BCUT2D eigenvalue weighted by Crippen LogP contribution is -2.32. The van der Waals surface area contributed by atoms with Crippen LogP contribution in [0.3, 0.4) is 0 Å². The lowest BCUT2D eigenvalue weighted by atomic mass is 10.1. The molecule has 0 saturated carbocycles. The van der Waals surface area contributed by atoms with Gasteiger partial charge in [0, 0.05) is 6.54 Å². The number of aliphatic hydroxyl groups is 1. The average Bonchev–Trinajstić information content (AvgIpc) is 2.38. The molecule has 0 spiro atoms. The van der Waals surface area contributed by atoms with Crippen molar-refractivity contribution in [2.45, 2.75) is 43.6 Å². The highest BCUT2D eigenvalue weighted by Gasteiger charge is 2.14. The van der Waals surface area contributed by atoms with Gasteiger partial charge in [-0.1, -0.05) is 44.4 Å². The fourth-order valence-electron chi connectivity index (χ4n) is 1.62. The zero-order valence-corrected chi connectivity index (χ0v) is 11.5. The summed E-state index contributed by atoms with van der Waals surface area (Å²) in [5, 5.41) is 9.66. The molecule has 1 aromatic rings. The van der Waals surface area contributed by atoms with E-state index in [9.17, 15) is 13.5 Å². The van der Waals surface area contributed by atoms with Crippen LogP contribution in [0.2, 0.25) is 0 Å². The molecule has 0 radical (unpaired) electrons. The Labute approximate surface area is 109 Å². The SMILES string of the molecule is CCCCCC(O)CNS(=O)(=O)c1ccccc1. The van der Waals surface area contributed by atoms with E-state index < -0.39 is 16.1 Å². The molecule has 0 aliphatic carbocycles. The number of sulfonamides is 1. The molecule has 1 unspecified atom stereocenters. The molecule has 1 atom stereocenters. The number of nitrogens with one attached hydrogen (secondary N) is 1. The van der Waals surface area contributed by atoms with Crippen LogP contribution in [-0.2, 0) is 10.0 Å². The number of hydrogen-bond donors (Lipinski definition) is 2. The lowest BCUT2D eigenvalue weighted by molar-refractivity contribution is 0.164. The van der Waals surface area contributed by atoms with E-state index in [1.54, 1.807) is 18.2 Å². The van der Waals surface area contributed by atoms with E-state index in [0.717, 1.165) is 19.3 Å². The van der Waals surface area contributed by atoms with Crippen LogP contribution in [0.1, 0.15) is 32.6 Å². The van der Waals surface area contributed by atoms with Crippen molar-refractivity contribution in [3.05, 3.63) is 30.3 Å². The maximum Gasteiger partial charge on any atom is 0.240 e. The van der Waals surface area contributed by atoms with Gasteiger partial charge in [-0.3, -0.25) is 0 Å².